The molecule has 0 fully saturated rings. The van der Waals surface area contributed by atoms with Gasteiger partial charge in [0.2, 0.25) is 0 Å². The summed E-state index contributed by atoms with van der Waals surface area (Å²) in [6.07, 6.45) is 0.353. The minimum absolute atomic E-state index is 0.260. The van der Waals surface area contributed by atoms with E-state index in [1.807, 2.05) is 0 Å². The van der Waals surface area contributed by atoms with Crippen LogP contribution in [0.2, 0.25) is 0 Å². The van der Waals surface area contributed by atoms with Gasteiger partial charge in [-0.05, 0) is 11.2 Å². The molecule has 0 bridgehead atoms. The van der Waals surface area contributed by atoms with Crippen molar-refractivity contribution in [2.75, 3.05) is 18.6 Å². The minimum atomic E-state index is -2.80. The van der Waals surface area contributed by atoms with Crippen LogP contribution >= 0.6 is 29.6 Å². The maximum atomic E-state index is 10.8. The zero-order valence-corrected chi connectivity index (χ0v) is 7.55. The van der Waals surface area contributed by atoms with Crippen LogP contribution in [0.25, 0.3) is 0 Å². The summed E-state index contributed by atoms with van der Waals surface area (Å²) in [5, 5.41) is 0. The summed E-state index contributed by atoms with van der Waals surface area (Å²) in [5.41, 5.74) is 0. The molecule has 0 heterocycles. The van der Waals surface area contributed by atoms with Crippen LogP contribution in [0.4, 0.5) is 0 Å². The molecule has 0 amide bonds. The van der Waals surface area contributed by atoms with Crippen molar-refractivity contribution < 1.29 is 9.09 Å². The topological polar surface area (TPSA) is 26.3 Å². The Hall–Kier alpha value is 0.770. The number of alkyl halides is 1. The van der Waals surface area contributed by atoms with E-state index >= 15 is 0 Å². The SMILES string of the molecule is CCP(=O)(Cl)OCCCl. The van der Waals surface area contributed by atoms with E-state index in [2.05, 4.69) is 0 Å². The highest BCUT2D eigenvalue weighted by Gasteiger charge is 2.14. The lowest BCUT2D eigenvalue weighted by Gasteiger charge is -2.05. The molecule has 0 aromatic rings. The lowest BCUT2D eigenvalue weighted by Crippen LogP contribution is -1.91. The van der Waals surface area contributed by atoms with Gasteiger partial charge in [0, 0.05) is 12.0 Å². The molecule has 1 unspecified atom stereocenters. The van der Waals surface area contributed by atoms with E-state index in [4.69, 9.17) is 27.4 Å². The third-order valence-corrected chi connectivity index (χ3v) is 3.23. The molecule has 0 radical (unpaired) electrons. The normalized spacial score (nSPS) is 17.2. The average molecular weight is 191 g/mol. The quantitative estimate of drug-likeness (QED) is 0.504. The Morgan fingerprint density at radius 3 is 2.56 bits per heavy atom. The fourth-order valence-corrected chi connectivity index (χ4v) is 1.20. The van der Waals surface area contributed by atoms with Gasteiger partial charge in [-0.1, -0.05) is 6.92 Å². The first-order valence-corrected chi connectivity index (χ1v) is 5.86. The molecule has 0 aliphatic rings. The smallest absolute Gasteiger partial charge is 0.289 e. The Bertz CT molecular complexity index is 117. The van der Waals surface area contributed by atoms with E-state index in [0.29, 0.717) is 12.0 Å². The Balaban J connectivity index is 3.46. The highest BCUT2D eigenvalue weighted by Crippen LogP contribution is 2.51. The lowest BCUT2D eigenvalue weighted by atomic mass is 10.9. The predicted molar refractivity (Wildman–Crippen MR) is 40.7 cm³/mol. The van der Waals surface area contributed by atoms with Gasteiger partial charge < -0.3 is 4.52 Å². The first-order chi connectivity index (χ1) is 4.12. The molecule has 0 aromatic heterocycles. The molecule has 0 spiro atoms. The second-order valence-corrected chi connectivity index (χ2v) is 5.42. The maximum absolute atomic E-state index is 10.8. The molecule has 0 aliphatic heterocycles. The van der Waals surface area contributed by atoms with Gasteiger partial charge in [-0.25, -0.2) is 0 Å². The van der Waals surface area contributed by atoms with Gasteiger partial charge in [0.1, 0.15) is 0 Å². The molecule has 9 heavy (non-hydrogen) atoms. The van der Waals surface area contributed by atoms with Gasteiger partial charge in [-0.15, -0.1) is 11.6 Å². The van der Waals surface area contributed by atoms with Crippen molar-refractivity contribution in [3.8, 4) is 0 Å². The number of hydrogen-bond donors (Lipinski definition) is 0. The van der Waals surface area contributed by atoms with E-state index in [9.17, 15) is 4.57 Å². The monoisotopic (exact) mass is 190 g/mol. The first kappa shape index (κ1) is 9.77. The van der Waals surface area contributed by atoms with Gasteiger partial charge in [-0.2, -0.15) is 0 Å². The minimum Gasteiger partial charge on any atom is -0.316 e. The standard InChI is InChI=1S/C4H9Cl2O2P/c1-2-9(6,7)8-4-3-5/h2-4H2,1H3. The first-order valence-electron chi connectivity index (χ1n) is 2.61. The van der Waals surface area contributed by atoms with Gasteiger partial charge in [0.25, 0.3) is 6.72 Å². The molecule has 0 N–H and O–H groups in total. The zero-order chi connectivity index (χ0) is 7.33. The lowest BCUT2D eigenvalue weighted by molar-refractivity contribution is 0.348. The molecule has 0 rings (SSSR count). The van der Waals surface area contributed by atoms with E-state index < -0.39 is 6.72 Å². The summed E-state index contributed by atoms with van der Waals surface area (Å²) in [6, 6.07) is 0. The van der Waals surface area contributed by atoms with Crippen LogP contribution in [0.15, 0.2) is 0 Å². The van der Waals surface area contributed by atoms with Crippen molar-refractivity contribution in [3.63, 3.8) is 0 Å². The molecule has 0 aliphatic carbocycles. The molecule has 0 aromatic carbocycles. The molecular weight excluding hydrogens is 182 g/mol. The summed E-state index contributed by atoms with van der Waals surface area (Å²) in [4.78, 5) is 0. The zero-order valence-electron chi connectivity index (χ0n) is 5.14. The van der Waals surface area contributed by atoms with Gasteiger partial charge in [0.15, 0.2) is 0 Å². The molecule has 5 heteroatoms. The van der Waals surface area contributed by atoms with Crippen molar-refractivity contribution in [2.24, 2.45) is 0 Å². The Kier molecular flexibility index (Phi) is 4.96. The fourth-order valence-electron chi connectivity index (χ4n) is 0.262. The molecule has 56 valence electrons. The van der Waals surface area contributed by atoms with E-state index in [1.54, 1.807) is 6.92 Å². The highest BCUT2D eigenvalue weighted by atomic mass is 35.7. The summed E-state index contributed by atoms with van der Waals surface area (Å²) in [7, 11) is 0. The van der Waals surface area contributed by atoms with E-state index in [0.717, 1.165) is 0 Å². The van der Waals surface area contributed by atoms with Crippen LogP contribution < -0.4 is 0 Å². The van der Waals surface area contributed by atoms with Crippen LogP contribution in [0, 0.1) is 0 Å². The van der Waals surface area contributed by atoms with Crippen LogP contribution in [0.3, 0.4) is 0 Å². The largest absolute Gasteiger partial charge is 0.316 e. The number of halogens is 2. The third kappa shape index (κ3) is 5.23. The van der Waals surface area contributed by atoms with Crippen molar-refractivity contribution in [1.29, 1.82) is 0 Å². The van der Waals surface area contributed by atoms with Crippen molar-refractivity contribution in [2.45, 2.75) is 6.92 Å². The van der Waals surface area contributed by atoms with Gasteiger partial charge in [-0.3, -0.25) is 4.57 Å². The Morgan fingerprint density at radius 2 is 2.22 bits per heavy atom. The van der Waals surface area contributed by atoms with Crippen molar-refractivity contribution >= 4 is 29.6 Å². The van der Waals surface area contributed by atoms with Gasteiger partial charge >= 0.3 is 0 Å². The highest BCUT2D eigenvalue weighted by molar-refractivity contribution is 7.85. The molecule has 2 nitrogen and oxygen atoms in total. The van der Waals surface area contributed by atoms with E-state index in [1.165, 1.54) is 0 Å². The summed E-state index contributed by atoms with van der Waals surface area (Å²) in [6.45, 7) is -0.832. The Labute approximate surface area is 64.7 Å². The number of rotatable bonds is 4. The number of hydrogen-bond acceptors (Lipinski definition) is 2. The molecular formula is C4H9Cl2O2P. The maximum Gasteiger partial charge on any atom is 0.289 e. The fraction of sp³-hybridized carbons (Fsp3) is 1.00. The Morgan fingerprint density at radius 1 is 1.67 bits per heavy atom. The van der Waals surface area contributed by atoms with Crippen molar-refractivity contribution in [3.05, 3.63) is 0 Å². The predicted octanol–water partition coefficient (Wildman–Crippen LogP) is 2.69. The molecule has 1 atom stereocenters. The summed E-state index contributed by atoms with van der Waals surface area (Å²) < 4.78 is 15.5. The second kappa shape index (κ2) is 4.56. The molecule has 0 saturated carbocycles. The summed E-state index contributed by atoms with van der Waals surface area (Å²) >= 11 is 10.6. The second-order valence-electron chi connectivity index (χ2n) is 1.43. The van der Waals surface area contributed by atoms with Crippen molar-refractivity contribution in [1.82, 2.24) is 0 Å². The average Bonchev–Trinajstić information content (AvgIpc) is 1.84. The third-order valence-electron chi connectivity index (χ3n) is 0.739. The van der Waals surface area contributed by atoms with Crippen LogP contribution in [0.1, 0.15) is 6.92 Å². The van der Waals surface area contributed by atoms with Crippen LogP contribution in [-0.2, 0) is 9.09 Å². The van der Waals surface area contributed by atoms with Gasteiger partial charge in [0.05, 0.1) is 6.61 Å². The summed E-state index contributed by atoms with van der Waals surface area (Å²) in [5.74, 6) is 0.330. The molecule has 0 saturated heterocycles. The van der Waals surface area contributed by atoms with Crippen LogP contribution in [0.5, 0.6) is 0 Å². The van der Waals surface area contributed by atoms with E-state index in [-0.39, 0.29) is 6.61 Å². The van der Waals surface area contributed by atoms with Crippen LogP contribution in [-0.4, -0.2) is 18.6 Å².